The number of ether oxygens (including phenoxy) is 1. The number of nitro benzene ring substituents is 1. The molecule has 0 aliphatic carbocycles. The van der Waals surface area contributed by atoms with Crippen LogP contribution in [0.3, 0.4) is 0 Å². The molecule has 1 aliphatic heterocycles. The summed E-state index contributed by atoms with van der Waals surface area (Å²) >= 11 is 6.95. The molecule has 188 valence electrons. The SMILES string of the molecule is COc1ccc(-c2nc3ccccc3s2)cc1NC(=S)NC(=O)c1ccc(N2CCCC2)c([N+](=O)[O-])c1. The predicted molar refractivity (Wildman–Crippen MR) is 150 cm³/mol. The highest BCUT2D eigenvalue weighted by molar-refractivity contribution is 7.80. The van der Waals surface area contributed by atoms with Gasteiger partial charge in [-0.3, -0.25) is 20.2 Å². The highest BCUT2D eigenvalue weighted by atomic mass is 32.1. The van der Waals surface area contributed by atoms with Gasteiger partial charge in [0, 0.05) is 30.3 Å². The lowest BCUT2D eigenvalue weighted by Crippen LogP contribution is -2.34. The van der Waals surface area contributed by atoms with Crippen LogP contribution in [0.5, 0.6) is 5.75 Å². The van der Waals surface area contributed by atoms with E-state index >= 15 is 0 Å². The van der Waals surface area contributed by atoms with E-state index in [4.69, 9.17) is 21.9 Å². The minimum atomic E-state index is -0.546. The summed E-state index contributed by atoms with van der Waals surface area (Å²) in [6.45, 7) is 1.52. The predicted octanol–water partition coefficient (Wildman–Crippen LogP) is 5.61. The van der Waals surface area contributed by atoms with Gasteiger partial charge in [0.2, 0.25) is 0 Å². The number of aromatic nitrogens is 1. The van der Waals surface area contributed by atoms with Crippen molar-refractivity contribution in [3.63, 3.8) is 0 Å². The van der Waals surface area contributed by atoms with E-state index in [0.717, 1.165) is 46.7 Å². The van der Waals surface area contributed by atoms with Gasteiger partial charge in [0.15, 0.2) is 5.11 Å². The molecule has 1 aliphatic rings. The number of benzene rings is 3. The molecule has 2 heterocycles. The Bertz CT molecular complexity index is 1480. The molecule has 0 spiro atoms. The summed E-state index contributed by atoms with van der Waals surface area (Å²) in [5, 5.41) is 18.2. The number of hydrogen-bond donors (Lipinski definition) is 2. The molecule has 0 bridgehead atoms. The van der Waals surface area contributed by atoms with E-state index in [9.17, 15) is 14.9 Å². The van der Waals surface area contributed by atoms with Gasteiger partial charge in [-0.25, -0.2) is 4.98 Å². The van der Waals surface area contributed by atoms with Gasteiger partial charge in [0.1, 0.15) is 16.4 Å². The Kier molecular flexibility index (Phi) is 6.97. The molecule has 9 nitrogen and oxygen atoms in total. The molecule has 0 atom stereocenters. The number of thiazole rings is 1. The molecule has 5 rings (SSSR count). The summed E-state index contributed by atoms with van der Waals surface area (Å²) in [5.41, 5.74) is 2.91. The van der Waals surface area contributed by atoms with E-state index in [2.05, 4.69) is 10.6 Å². The topological polar surface area (TPSA) is 110 Å². The highest BCUT2D eigenvalue weighted by Gasteiger charge is 2.24. The normalized spacial score (nSPS) is 12.9. The first kappa shape index (κ1) is 24.6. The average molecular weight is 534 g/mol. The van der Waals surface area contributed by atoms with Crippen molar-refractivity contribution in [1.29, 1.82) is 0 Å². The lowest BCUT2D eigenvalue weighted by atomic mass is 10.1. The number of nitrogens with one attached hydrogen (secondary N) is 2. The third kappa shape index (κ3) is 5.23. The number of fused-ring (bicyclic) bond motifs is 1. The zero-order valence-electron chi connectivity index (χ0n) is 19.9. The molecule has 37 heavy (non-hydrogen) atoms. The van der Waals surface area contributed by atoms with E-state index in [0.29, 0.717) is 17.1 Å². The number of thiocarbonyl (C=S) groups is 1. The highest BCUT2D eigenvalue weighted by Crippen LogP contribution is 2.35. The molecule has 4 aromatic rings. The Morgan fingerprint density at radius 1 is 1.14 bits per heavy atom. The Morgan fingerprint density at radius 3 is 2.65 bits per heavy atom. The molecular weight excluding hydrogens is 510 g/mol. The number of rotatable bonds is 6. The molecular formula is C26H23N5O4S2. The number of anilines is 2. The molecule has 1 fully saturated rings. The summed E-state index contributed by atoms with van der Waals surface area (Å²) in [4.78, 5) is 30.8. The van der Waals surface area contributed by atoms with Crippen molar-refractivity contribution >= 4 is 61.9 Å². The first-order valence-electron chi connectivity index (χ1n) is 11.6. The lowest BCUT2D eigenvalue weighted by Gasteiger charge is -2.18. The van der Waals surface area contributed by atoms with Crippen molar-refractivity contribution in [3.05, 3.63) is 76.3 Å². The van der Waals surface area contributed by atoms with E-state index < -0.39 is 10.8 Å². The standard InChI is InChI=1S/C26H23N5O4S2/c1-35-22-11-9-17(25-27-18-6-2-3-7-23(18)37-25)14-19(22)28-26(36)29-24(32)16-8-10-20(21(15-16)31(33)34)30-12-4-5-13-30/h2-3,6-11,14-15H,4-5,12-13H2,1H3,(H2,28,29,32,36). The van der Waals surface area contributed by atoms with Gasteiger partial charge in [0.25, 0.3) is 11.6 Å². The number of nitro groups is 1. The van der Waals surface area contributed by atoms with Crippen LogP contribution in [-0.2, 0) is 0 Å². The van der Waals surface area contributed by atoms with Gasteiger partial charge < -0.3 is 15.0 Å². The van der Waals surface area contributed by atoms with Crippen molar-refractivity contribution in [3.8, 4) is 16.3 Å². The minimum Gasteiger partial charge on any atom is -0.495 e. The number of amides is 1. The van der Waals surface area contributed by atoms with Crippen molar-refractivity contribution in [1.82, 2.24) is 10.3 Å². The smallest absolute Gasteiger partial charge is 0.293 e. The number of carbonyl (C=O) groups excluding carboxylic acids is 1. The van der Waals surface area contributed by atoms with Crippen LogP contribution >= 0.6 is 23.6 Å². The van der Waals surface area contributed by atoms with Crippen LogP contribution in [0.1, 0.15) is 23.2 Å². The molecule has 11 heteroatoms. The van der Waals surface area contributed by atoms with E-state index in [-0.39, 0.29) is 16.4 Å². The maximum atomic E-state index is 12.9. The summed E-state index contributed by atoms with van der Waals surface area (Å²) in [7, 11) is 1.54. The Hall–Kier alpha value is -4.09. The van der Waals surface area contributed by atoms with Crippen LogP contribution in [0, 0.1) is 10.1 Å². The summed E-state index contributed by atoms with van der Waals surface area (Å²) in [6.07, 6.45) is 1.98. The fraction of sp³-hybridized carbons (Fsp3) is 0.192. The lowest BCUT2D eigenvalue weighted by molar-refractivity contribution is -0.384. The van der Waals surface area contributed by atoms with Crippen LogP contribution in [0.25, 0.3) is 20.8 Å². The van der Waals surface area contributed by atoms with Crippen LogP contribution < -0.4 is 20.3 Å². The third-order valence-electron chi connectivity index (χ3n) is 6.10. The number of carbonyl (C=O) groups is 1. The van der Waals surface area contributed by atoms with Gasteiger partial charge in [0.05, 0.1) is 27.9 Å². The number of para-hydroxylation sites is 1. The maximum Gasteiger partial charge on any atom is 0.293 e. The molecule has 1 saturated heterocycles. The summed E-state index contributed by atoms with van der Waals surface area (Å²) < 4.78 is 6.54. The Balaban J connectivity index is 1.34. The minimum absolute atomic E-state index is 0.0380. The molecule has 1 aromatic heterocycles. The molecule has 0 unspecified atom stereocenters. The van der Waals surface area contributed by atoms with Crippen LogP contribution in [0.4, 0.5) is 17.1 Å². The quantitative estimate of drug-likeness (QED) is 0.187. The average Bonchev–Trinajstić information content (AvgIpc) is 3.58. The first-order valence-corrected chi connectivity index (χ1v) is 12.8. The monoisotopic (exact) mass is 533 g/mol. The van der Waals surface area contributed by atoms with Crippen molar-refractivity contribution in [2.45, 2.75) is 12.8 Å². The molecule has 2 N–H and O–H groups in total. The fourth-order valence-corrected chi connectivity index (χ4v) is 5.46. The van der Waals surface area contributed by atoms with E-state index in [1.807, 2.05) is 41.3 Å². The van der Waals surface area contributed by atoms with E-state index in [1.165, 1.54) is 6.07 Å². The number of hydrogen-bond acceptors (Lipinski definition) is 8. The zero-order chi connectivity index (χ0) is 25.9. The molecule has 0 saturated carbocycles. The van der Waals surface area contributed by atoms with Crippen LogP contribution in [-0.4, -0.2) is 41.1 Å². The number of methoxy groups -OCH3 is 1. The zero-order valence-corrected chi connectivity index (χ0v) is 21.5. The fourth-order valence-electron chi connectivity index (χ4n) is 4.30. The number of nitrogens with zero attached hydrogens (tertiary/aromatic N) is 3. The molecule has 0 radical (unpaired) electrons. The molecule has 1 amide bonds. The van der Waals surface area contributed by atoms with Gasteiger partial charge in [-0.15, -0.1) is 11.3 Å². The van der Waals surface area contributed by atoms with Crippen molar-refractivity contribution < 1.29 is 14.5 Å². The first-order chi connectivity index (χ1) is 17.9. The van der Waals surface area contributed by atoms with Gasteiger partial charge in [-0.1, -0.05) is 12.1 Å². The van der Waals surface area contributed by atoms with Crippen LogP contribution in [0.15, 0.2) is 60.7 Å². The Morgan fingerprint density at radius 2 is 1.92 bits per heavy atom. The second-order valence-corrected chi connectivity index (χ2v) is 9.90. The molecule has 3 aromatic carbocycles. The maximum absolute atomic E-state index is 12.9. The van der Waals surface area contributed by atoms with E-state index in [1.54, 1.807) is 36.6 Å². The van der Waals surface area contributed by atoms with Gasteiger partial charge in [-0.2, -0.15) is 0 Å². The van der Waals surface area contributed by atoms with Crippen molar-refractivity contribution in [2.24, 2.45) is 0 Å². The van der Waals surface area contributed by atoms with Crippen LogP contribution in [0.2, 0.25) is 0 Å². The third-order valence-corrected chi connectivity index (χ3v) is 7.39. The Labute approximate surface area is 222 Å². The largest absolute Gasteiger partial charge is 0.495 e. The second-order valence-electron chi connectivity index (χ2n) is 8.46. The van der Waals surface area contributed by atoms with Gasteiger partial charge >= 0.3 is 0 Å². The van der Waals surface area contributed by atoms with Crippen molar-refractivity contribution in [2.75, 3.05) is 30.4 Å². The van der Waals surface area contributed by atoms with Gasteiger partial charge in [-0.05, 0) is 67.5 Å². The summed E-state index contributed by atoms with van der Waals surface area (Å²) in [5.74, 6) is -0.0121. The summed E-state index contributed by atoms with van der Waals surface area (Å²) in [6, 6.07) is 18.0. The second kappa shape index (κ2) is 10.5.